The van der Waals surface area contributed by atoms with Gasteiger partial charge in [0.2, 0.25) is 10.0 Å². The highest BCUT2D eigenvalue weighted by molar-refractivity contribution is 7.99. The fourth-order valence-electron chi connectivity index (χ4n) is 3.20. The van der Waals surface area contributed by atoms with Crippen LogP contribution in [-0.4, -0.2) is 87.5 Å². The second kappa shape index (κ2) is 10.3. The minimum Gasteiger partial charge on any atom is -0.379 e. The van der Waals surface area contributed by atoms with Crippen molar-refractivity contribution in [2.45, 2.75) is 11.3 Å². The molecular formula is C18H26ClN3O4S2. The lowest BCUT2D eigenvalue weighted by Gasteiger charge is -2.26. The molecular weight excluding hydrogens is 422 g/mol. The van der Waals surface area contributed by atoms with Gasteiger partial charge in [-0.05, 0) is 31.2 Å². The van der Waals surface area contributed by atoms with Gasteiger partial charge in [0.05, 0.1) is 28.7 Å². The number of carbonyl (C=O) groups excluding carboxylic acids is 1. The Hall–Kier alpha value is -0.840. The number of nitrogens with one attached hydrogen (secondary N) is 1. The number of ether oxygens (including phenoxy) is 1. The minimum absolute atomic E-state index is 0.113. The summed E-state index contributed by atoms with van der Waals surface area (Å²) in [6.07, 6.45) is 0.812. The van der Waals surface area contributed by atoms with Crippen LogP contribution < -0.4 is 5.32 Å². The lowest BCUT2D eigenvalue weighted by molar-refractivity contribution is 0.0374. The number of rotatable bonds is 7. The molecule has 1 aromatic carbocycles. The summed E-state index contributed by atoms with van der Waals surface area (Å²) >= 11 is 7.91. The first-order valence-corrected chi connectivity index (χ1v) is 12.4. The largest absolute Gasteiger partial charge is 0.379 e. The van der Waals surface area contributed by atoms with Crippen LogP contribution in [0.2, 0.25) is 5.02 Å². The normalized spacial score (nSPS) is 19.5. The molecule has 1 aromatic rings. The summed E-state index contributed by atoms with van der Waals surface area (Å²) in [7, 11) is -3.61. The fraction of sp³-hybridized carbons (Fsp3) is 0.611. The zero-order valence-electron chi connectivity index (χ0n) is 15.7. The van der Waals surface area contributed by atoms with Gasteiger partial charge in [0, 0.05) is 44.2 Å². The van der Waals surface area contributed by atoms with Gasteiger partial charge >= 0.3 is 0 Å². The predicted octanol–water partition coefficient (Wildman–Crippen LogP) is 1.53. The van der Waals surface area contributed by atoms with Gasteiger partial charge in [-0.25, -0.2) is 8.42 Å². The van der Waals surface area contributed by atoms with Crippen molar-refractivity contribution in [3.63, 3.8) is 0 Å². The Bertz CT molecular complexity index is 779. The summed E-state index contributed by atoms with van der Waals surface area (Å²) < 4.78 is 32.5. The summed E-state index contributed by atoms with van der Waals surface area (Å²) in [5.74, 6) is 1.21. The second-order valence-corrected chi connectivity index (χ2v) is 10.3. The molecule has 0 aliphatic carbocycles. The highest BCUT2D eigenvalue weighted by Gasteiger charge is 2.27. The van der Waals surface area contributed by atoms with E-state index in [1.165, 1.54) is 22.5 Å². The standard InChI is InChI=1S/C18H26ClN3O4S2/c19-17-3-2-15(28(24,25)22-8-12-27-13-9-22)14-16(17)18(23)20-4-1-5-21-6-10-26-11-7-21/h2-3,14H,1,4-13H2,(H,20,23). The monoisotopic (exact) mass is 447 g/mol. The summed E-state index contributed by atoms with van der Waals surface area (Å²) in [5.41, 5.74) is 0.195. The van der Waals surface area contributed by atoms with Crippen LogP contribution in [0.25, 0.3) is 0 Å². The number of morpholine rings is 1. The molecule has 10 heteroatoms. The van der Waals surface area contributed by atoms with E-state index in [0.29, 0.717) is 19.6 Å². The van der Waals surface area contributed by atoms with Crippen LogP contribution in [0.5, 0.6) is 0 Å². The molecule has 2 fully saturated rings. The Morgan fingerprint density at radius 2 is 1.89 bits per heavy atom. The summed E-state index contributed by atoms with van der Waals surface area (Å²) in [6.45, 7) is 5.68. The van der Waals surface area contributed by atoms with Crippen molar-refractivity contribution in [3.05, 3.63) is 28.8 Å². The van der Waals surface area contributed by atoms with E-state index in [2.05, 4.69) is 10.2 Å². The molecule has 156 valence electrons. The Labute approximate surface area is 175 Å². The molecule has 3 rings (SSSR count). The van der Waals surface area contributed by atoms with Crippen molar-refractivity contribution in [1.82, 2.24) is 14.5 Å². The molecule has 0 aromatic heterocycles. The lowest BCUT2D eigenvalue weighted by Crippen LogP contribution is -2.38. The summed E-state index contributed by atoms with van der Waals surface area (Å²) in [6, 6.07) is 4.33. The van der Waals surface area contributed by atoms with Crippen molar-refractivity contribution in [2.75, 3.05) is 64.0 Å². The molecule has 0 unspecified atom stereocenters. The molecule has 0 spiro atoms. The number of amides is 1. The third-order valence-corrected chi connectivity index (χ3v) is 8.00. The molecule has 1 amide bonds. The van der Waals surface area contributed by atoms with E-state index < -0.39 is 10.0 Å². The Balaban J connectivity index is 1.59. The van der Waals surface area contributed by atoms with Crippen molar-refractivity contribution >= 4 is 39.3 Å². The van der Waals surface area contributed by atoms with Gasteiger partial charge in [-0.15, -0.1) is 0 Å². The minimum atomic E-state index is -3.61. The van der Waals surface area contributed by atoms with E-state index in [1.807, 2.05) is 0 Å². The smallest absolute Gasteiger partial charge is 0.252 e. The molecule has 2 heterocycles. The third kappa shape index (κ3) is 5.61. The average molecular weight is 448 g/mol. The molecule has 0 radical (unpaired) electrons. The number of benzene rings is 1. The Morgan fingerprint density at radius 3 is 2.61 bits per heavy atom. The second-order valence-electron chi connectivity index (χ2n) is 6.72. The quantitative estimate of drug-likeness (QED) is 0.638. The van der Waals surface area contributed by atoms with Crippen LogP contribution >= 0.6 is 23.4 Å². The molecule has 0 bridgehead atoms. The van der Waals surface area contributed by atoms with Crippen LogP contribution in [0.1, 0.15) is 16.8 Å². The highest BCUT2D eigenvalue weighted by Crippen LogP contribution is 2.24. The summed E-state index contributed by atoms with van der Waals surface area (Å²) in [5, 5.41) is 3.09. The van der Waals surface area contributed by atoms with Crippen LogP contribution in [0, 0.1) is 0 Å². The van der Waals surface area contributed by atoms with E-state index in [0.717, 1.165) is 50.8 Å². The molecule has 7 nitrogen and oxygen atoms in total. The van der Waals surface area contributed by atoms with E-state index in [1.54, 1.807) is 11.8 Å². The maximum Gasteiger partial charge on any atom is 0.252 e. The van der Waals surface area contributed by atoms with Crippen molar-refractivity contribution in [1.29, 1.82) is 0 Å². The number of sulfonamides is 1. The molecule has 0 saturated carbocycles. The molecule has 2 aliphatic heterocycles. The molecule has 0 atom stereocenters. The van der Waals surface area contributed by atoms with Crippen LogP contribution in [-0.2, 0) is 14.8 Å². The van der Waals surface area contributed by atoms with Crippen molar-refractivity contribution in [3.8, 4) is 0 Å². The predicted molar refractivity (Wildman–Crippen MR) is 112 cm³/mol. The lowest BCUT2D eigenvalue weighted by atomic mass is 10.2. The first-order valence-electron chi connectivity index (χ1n) is 9.44. The molecule has 2 aliphatic rings. The fourth-order valence-corrected chi connectivity index (χ4v) is 6.01. The first kappa shape index (κ1) is 21.9. The van der Waals surface area contributed by atoms with Gasteiger partial charge in [0.25, 0.3) is 5.91 Å². The van der Waals surface area contributed by atoms with Gasteiger partial charge < -0.3 is 10.1 Å². The van der Waals surface area contributed by atoms with Gasteiger partial charge in [0.15, 0.2) is 0 Å². The average Bonchev–Trinajstić information content (AvgIpc) is 2.72. The molecule has 2 saturated heterocycles. The number of nitrogens with zero attached hydrogens (tertiary/aromatic N) is 2. The number of carbonyl (C=O) groups is 1. The topological polar surface area (TPSA) is 79.0 Å². The summed E-state index contributed by atoms with van der Waals surface area (Å²) in [4.78, 5) is 14.9. The zero-order valence-corrected chi connectivity index (χ0v) is 18.1. The zero-order chi connectivity index (χ0) is 20.0. The number of hydrogen-bond donors (Lipinski definition) is 1. The van der Waals surface area contributed by atoms with Gasteiger partial charge in [-0.1, -0.05) is 11.6 Å². The molecule has 1 N–H and O–H groups in total. The van der Waals surface area contributed by atoms with Gasteiger partial charge in [-0.2, -0.15) is 16.1 Å². The SMILES string of the molecule is O=C(NCCCN1CCOCC1)c1cc(S(=O)(=O)N2CCSCC2)ccc1Cl. The van der Waals surface area contributed by atoms with E-state index in [4.69, 9.17) is 16.3 Å². The highest BCUT2D eigenvalue weighted by atomic mass is 35.5. The first-order chi connectivity index (χ1) is 13.5. The van der Waals surface area contributed by atoms with E-state index >= 15 is 0 Å². The maximum absolute atomic E-state index is 12.8. The number of hydrogen-bond acceptors (Lipinski definition) is 6. The van der Waals surface area contributed by atoms with Gasteiger partial charge in [0.1, 0.15) is 0 Å². The van der Waals surface area contributed by atoms with Crippen LogP contribution in [0.3, 0.4) is 0 Å². The van der Waals surface area contributed by atoms with E-state index in [9.17, 15) is 13.2 Å². The maximum atomic E-state index is 12.8. The molecule has 28 heavy (non-hydrogen) atoms. The van der Waals surface area contributed by atoms with Crippen molar-refractivity contribution < 1.29 is 17.9 Å². The number of thioether (sulfide) groups is 1. The van der Waals surface area contributed by atoms with Crippen LogP contribution in [0.4, 0.5) is 0 Å². The van der Waals surface area contributed by atoms with Gasteiger partial charge in [-0.3, -0.25) is 9.69 Å². The third-order valence-electron chi connectivity index (χ3n) is 4.83. The van der Waals surface area contributed by atoms with Crippen LogP contribution in [0.15, 0.2) is 23.1 Å². The Kier molecular flexibility index (Phi) is 8.02. The van der Waals surface area contributed by atoms with E-state index in [-0.39, 0.29) is 21.4 Å². The number of halogens is 1. The van der Waals surface area contributed by atoms with Crippen molar-refractivity contribution in [2.24, 2.45) is 0 Å². The Morgan fingerprint density at radius 1 is 1.18 bits per heavy atom.